The molecule has 1 heterocycles. The highest BCUT2D eigenvalue weighted by molar-refractivity contribution is 6.01. The highest BCUT2D eigenvalue weighted by atomic mass is 16.6. The number of oxime groups is 1. The molecule has 1 aliphatic rings. The molecule has 0 spiro atoms. The second kappa shape index (κ2) is 7.70. The molecule has 2 N–H and O–H groups in total. The first-order valence-electron chi connectivity index (χ1n) is 8.08. The molecule has 0 saturated carbocycles. The highest BCUT2D eigenvalue weighted by Crippen LogP contribution is 2.30. The Morgan fingerprint density at radius 2 is 1.96 bits per heavy atom. The maximum Gasteiger partial charge on any atom is 0.305 e. The van der Waals surface area contributed by atoms with Crippen LogP contribution in [-0.2, 0) is 9.63 Å². The van der Waals surface area contributed by atoms with Crippen molar-refractivity contribution in [3.8, 4) is 5.75 Å². The number of carboxylic acid groups (broad SMARTS) is 1. The van der Waals surface area contributed by atoms with Gasteiger partial charge in [0.1, 0.15) is 5.75 Å². The van der Waals surface area contributed by atoms with Crippen LogP contribution in [0.15, 0.2) is 53.7 Å². The van der Waals surface area contributed by atoms with E-state index in [9.17, 15) is 4.79 Å². The van der Waals surface area contributed by atoms with Gasteiger partial charge in [-0.3, -0.25) is 4.79 Å². The van der Waals surface area contributed by atoms with Gasteiger partial charge in [0.2, 0.25) is 0 Å². The summed E-state index contributed by atoms with van der Waals surface area (Å²) in [7, 11) is 1.64. The van der Waals surface area contributed by atoms with E-state index in [1.165, 1.54) is 0 Å². The fourth-order valence-corrected chi connectivity index (χ4v) is 2.64. The first-order valence-corrected chi connectivity index (χ1v) is 8.08. The van der Waals surface area contributed by atoms with Crippen LogP contribution in [-0.4, -0.2) is 30.4 Å². The molecule has 1 unspecified atom stereocenters. The summed E-state index contributed by atoms with van der Waals surface area (Å²) in [5.74, 6) is 0.0000272. The van der Waals surface area contributed by atoms with Crippen molar-refractivity contribution in [1.29, 1.82) is 0 Å². The largest absolute Gasteiger partial charge is 0.497 e. The average molecular weight is 340 g/mol. The topological polar surface area (TPSA) is 80.2 Å². The van der Waals surface area contributed by atoms with E-state index in [1.807, 2.05) is 48.5 Å². The Hall–Kier alpha value is -3.02. The number of carbonyl (C=O) groups is 1. The van der Waals surface area contributed by atoms with Crippen LogP contribution in [0.4, 0.5) is 5.69 Å². The fourth-order valence-electron chi connectivity index (χ4n) is 2.64. The molecule has 0 amide bonds. The summed E-state index contributed by atoms with van der Waals surface area (Å²) < 4.78 is 5.17. The lowest BCUT2D eigenvalue weighted by Gasteiger charge is -2.09. The maximum absolute atomic E-state index is 10.5. The number of hydrogen-bond acceptors (Lipinski definition) is 5. The van der Waals surface area contributed by atoms with Crippen LogP contribution in [0.25, 0.3) is 0 Å². The van der Waals surface area contributed by atoms with Crippen molar-refractivity contribution in [1.82, 2.24) is 0 Å². The van der Waals surface area contributed by atoms with Crippen molar-refractivity contribution in [2.45, 2.75) is 18.9 Å². The third-order valence-corrected chi connectivity index (χ3v) is 4.04. The highest BCUT2D eigenvalue weighted by Gasteiger charge is 2.23. The number of nitrogens with zero attached hydrogens (tertiary/aromatic N) is 1. The van der Waals surface area contributed by atoms with Gasteiger partial charge in [-0.15, -0.1) is 0 Å². The monoisotopic (exact) mass is 340 g/mol. The van der Waals surface area contributed by atoms with Crippen molar-refractivity contribution in [3.05, 3.63) is 59.7 Å². The van der Waals surface area contributed by atoms with E-state index in [0.717, 1.165) is 28.3 Å². The molecule has 6 heteroatoms. The number of methoxy groups -OCH3 is 1. The molecule has 0 saturated heterocycles. The van der Waals surface area contributed by atoms with Crippen molar-refractivity contribution in [2.24, 2.45) is 5.16 Å². The van der Waals surface area contributed by atoms with Crippen molar-refractivity contribution in [3.63, 3.8) is 0 Å². The molecule has 0 aromatic heterocycles. The molecule has 0 bridgehead atoms. The third-order valence-electron chi connectivity index (χ3n) is 4.04. The molecular weight excluding hydrogens is 320 g/mol. The van der Waals surface area contributed by atoms with Gasteiger partial charge >= 0.3 is 5.97 Å². The zero-order valence-corrected chi connectivity index (χ0v) is 13.9. The van der Waals surface area contributed by atoms with E-state index in [0.29, 0.717) is 13.0 Å². The minimum atomic E-state index is -0.814. The lowest BCUT2D eigenvalue weighted by molar-refractivity contribution is -0.136. The molecule has 2 aromatic carbocycles. The first-order chi connectivity index (χ1) is 12.2. The van der Waals surface area contributed by atoms with Crippen molar-refractivity contribution >= 4 is 17.4 Å². The summed E-state index contributed by atoms with van der Waals surface area (Å²) >= 11 is 0. The summed E-state index contributed by atoms with van der Waals surface area (Å²) in [6, 6.07) is 15.5. The fraction of sp³-hybridized carbons (Fsp3) is 0.263. The Morgan fingerprint density at radius 1 is 1.24 bits per heavy atom. The Kier molecular flexibility index (Phi) is 5.18. The number of ether oxygens (including phenoxy) is 1. The molecule has 1 aliphatic heterocycles. The Morgan fingerprint density at radius 3 is 2.60 bits per heavy atom. The Bertz CT molecular complexity index is 754. The molecule has 0 radical (unpaired) electrons. The molecule has 25 heavy (non-hydrogen) atoms. The lowest BCUT2D eigenvalue weighted by Crippen LogP contribution is -2.07. The molecular formula is C19H20N2O4. The number of benzene rings is 2. The van der Waals surface area contributed by atoms with Gasteiger partial charge in [0.05, 0.1) is 19.2 Å². The molecule has 130 valence electrons. The summed E-state index contributed by atoms with van der Waals surface area (Å²) in [4.78, 5) is 16.1. The van der Waals surface area contributed by atoms with E-state index in [4.69, 9.17) is 14.7 Å². The predicted molar refractivity (Wildman–Crippen MR) is 95.2 cm³/mol. The van der Waals surface area contributed by atoms with Gasteiger partial charge in [0.15, 0.2) is 6.10 Å². The van der Waals surface area contributed by atoms with Crippen LogP contribution in [0.2, 0.25) is 0 Å². The maximum atomic E-state index is 10.5. The van der Waals surface area contributed by atoms with Crippen molar-refractivity contribution in [2.75, 3.05) is 19.0 Å². The van der Waals surface area contributed by atoms with Gasteiger partial charge < -0.3 is 20.0 Å². The van der Waals surface area contributed by atoms with Crippen LogP contribution in [0.3, 0.4) is 0 Å². The number of rotatable bonds is 7. The molecule has 2 aromatic rings. The van der Waals surface area contributed by atoms with E-state index in [1.54, 1.807) is 7.11 Å². The van der Waals surface area contributed by atoms with E-state index >= 15 is 0 Å². The summed E-state index contributed by atoms with van der Waals surface area (Å²) in [5, 5.41) is 15.9. The number of hydrogen-bond donors (Lipinski definition) is 2. The Balaban J connectivity index is 1.58. The number of carboxylic acids is 1. The van der Waals surface area contributed by atoms with Crippen LogP contribution >= 0.6 is 0 Å². The normalized spacial score (nSPS) is 16.0. The number of anilines is 1. The summed E-state index contributed by atoms with van der Waals surface area (Å²) in [6.07, 6.45) is 0.707. The average Bonchev–Trinajstić information content (AvgIpc) is 3.12. The van der Waals surface area contributed by atoms with Crippen LogP contribution in [0.5, 0.6) is 5.75 Å². The predicted octanol–water partition coefficient (Wildman–Crippen LogP) is 3.45. The molecule has 3 rings (SSSR count). The summed E-state index contributed by atoms with van der Waals surface area (Å²) in [5.41, 5.74) is 3.85. The second-order valence-electron chi connectivity index (χ2n) is 5.76. The Labute approximate surface area is 146 Å². The van der Waals surface area contributed by atoms with Crippen molar-refractivity contribution < 1.29 is 19.5 Å². The molecule has 0 aliphatic carbocycles. The second-order valence-corrected chi connectivity index (χ2v) is 5.76. The van der Waals surface area contributed by atoms with Gasteiger partial charge in [0, 0.05) is 18.7 Å². The van der Waals surface area contributed by atoms with Gasteiger partial charge in [-0.2, -0.15) is 0 Å². The van der Waals surface area contributed by atoms with Crippen LogP contribution in [0.1, 0.15) is 30.1 Å². The number of nitrogens with one attached hydrogen (secondary N) is 1. The SMILES string of the molecule is COc1ccc(C2CC(c3ccc(NCCC(=O)O)cc3)=NO2)cc1. The van der Waals surface area contributed by atoms with Gasteiger partial charge in [-0.05, 0) is 35.4 Å². The quantitative estimate of drug-likeness (QED) is 0.807. The van der Waals surface area contributed by atoms with Crippen LogP contribution < -0.4 is 10.1 Å². The zero-order valence-electron chi connectivity index (χ0n) is 13.9. The van der Waals surface area contributed by atoms with Gasteiger partial charge in [-0.25, -0.2) is 0 Å². The smallest absolute Gasteiger partial charge is 0.305 e. The standard InChI is InChI=1S/C19H20N2O4/c1-24-16-8-4-14(5-9-16)18-12-17(21-25-18)13-2-6-15(7-3-13)20-11-10-19(22)23/h2-9,18,20H,10-12H2,1H3,(H,22,23). The minimum Gasteiger partial charge on any atom is -0.497 e. The number of aliphatic carboxylic acids is 1. The van der Waals surface area contributed by atoms with E-state index in [-0.39, 0.29) is 12.5 Å². The minimum absolute atomic E-state index is 0.0886. The van der Waals surface area contributed by atoms with E-state index < -0.39 is 5.97 Å². The lowest BCUT2D eigenvalue weighted by atomic mass is 10.00. The summed E-state index contributed by atoms with van der Waals surface area (Å²) in [6.45, 7) is 0.401. The molecule has 1 atom stereocenters. The zero-order chi connectivity index (χ0) is 17.6. The van der Waals surface area contributed by atoms with Gasteiger partial charge in [-0.1, -0.05) is 29.4 Å². The first kappa shape index (κ1) is 16.8. The molecule has 6 nitrogen and oxygen atoms in total. The molecule has 0 fully saturated rings. The van der Waals surface area contributed by atoms with Crippen LogP contribution in [0, 0.1) is 0 Å². The third kappa shape index (κ3) is 4.29. The van der Waals surface area contributed by atoms with Gasteiger partial charge in [0.25, 0.3) is 0 Å². The van der Waals surface area contributed by atoms with E-state index in [2.05, 4.69) is 10.5 Å².